The molecule has 0 bridgehead atoms. The summed E-state index contributed by atoms with van der Waals surface area (Å²) >= 11 is 0. The molecule has 1 N–H and O–H groups in total. The molecule has 0 heterocycles. The van der Waals surface area contributed by atoms with Crippen molar-refractivity contribution < 1.29 is 24.2 Å². The van der Waals surface area contributed by atoms with Crippen molar-refractivity contribution in [2.24, 2.45) is 0 Å². The lowest BCUT2D eigenvalue weighted by Crippen LogP contribution is -2.24. The van der Waals surface area contributed by atoms with Crippen LogP contribution in [0.1, 0.15) is 39.6 Å². The molecule has 2 aromatic carbocycles. The van der Waals surface area contributed by atoms with Crippen molar-refractivity contribution in [1.29, 1.82) is 0 Å². The van der Waals surface area contributed by atoms with E-state index in [-0.39, 0.29) is 18.0 Å². The van der Waals surface area contributed by atoms with E-state index in [9.17, 15) is 19.5 Å². The van der Waals surface area contributed by atoms with E-state index in [4.69, 9.17) is 4.74 Å². The van der Waals surface area contributed by atoms with Gasteiger partial charge in [0.2, 0.25) is 0 Å². The van der Waals surface area contributed by atoms with Gasteiger partial charge in [-0.05, 0) is 42.8 Å². The Hall–Kier alpha value is -3.15. The number of carboxylic acids is 1. The van der Waals surface area contributed by atoms with Gasteiger partial charge < -0.3 is 20.0 Å². The number of nitrogens with one attached hydrogen (secondary N) is 1. The van der Waals surface area contributed by atoms with Gasteiger partial charge in [0.05, 0.1) is 5.97 Å². The van der Waals surface area contributed by atoms with Crippen molar-refractivity contribution in [2.75, 3.05) is 5.32 Å². The topological polar surface area (TPSA) is 95.5 Å². The Balaban J connectivity index is 2.14. The molecule has 6 nitrogen and oxygen atoms in total. The zero-order valence-corrected chi connectivity index (χ0v) is 13.3. The second-order valence-corrected chi connectivity index (χ2v) is 5.07. The first kappa shape index (κ1) is 17.2. The molecule has 6 heteroatoms. The van der Waals surface area contributed by atoms with Crippen LogP contribution >= 0.6 is 0 Å². The van der Waals surface area contributed by atoms with Gasteiger partial charge in [0.25, 0.3) is 5.91 Å². The van der Waals surface area contributed by atoms with Gasteiger partial charge in [-0.3, -0.25) is 9.59 Å². The smallest absolute Gasteiger partial charge is 0.310 e. The number of anilines is 1. The van der Waals surface area contributed by atoms with Crippen LogP contribution < -0.4 is 15.2 Å². The first-order valence-corrected chi connectivity index (χ1v) is 7.35. The SMILES string of the molecule is CCC(=O)Oc1ccc(C(=O)Nc2cccc(C(=O)[O-])c2C)cc1. The molecule has 0 radical (unpaired) electrons. The molecular weight excluding hydrogens is 310 g/mol. The molecule has 0 aromatic heterocycles. The number of ether oxygens (including phenoxy) is 1. The molecule has 2 rings (SSSR count). The molecule has 0 saturated carbocycles. The lowest BCUT2D eigenvalue weighted by atomic mass is 10.1. The number of hydrogen-bond donors (Lipinski definition) is 1. The van der Waals surface area contributed by atoms with E-state index in [0.717, 1.165) is 0 Å². The third kappa shape index (κ3) is 3.98. The predicted octanol–water partition coefficient (Wildman–Crippen LogP) is 1.93. The highest BCUT2D eigenvalue weighted by atomic mass is 16.5. The summed E-state index contributed by atoms with van der Waals surface area (Å²) in [7, 11) is 0. The highest BCUT2D eigenvalue weighted by molar-refractivity contribution is 6.05. The summed E-state index contributed by atoms with van der Waals surface area (Å²) in [5.41, 5.74) is 1.18. The fraction of sp³-hybridized carbons (Fsp3) is 0.167. The number of carboxylic acid groups (broad SMARTS) is 1. The molecule has 1 amide bonds. The standard InChI is InChI=1S/C18H17NO5/c1-3-16(20)24-13-9-7-12(8-10-13)17(21)19-15-6-4-5-14(11(15)2)18(22)23/h4-10H,3H2,1-2H3,(H,19,21)(H,22,23)/p-1. The summed E-state index contributed by atoms with van der Waals surface area (Å²) < 4.78 is 5.03. The Bertz CT molecular complexity index is 780. The highest BCUT2D eigenvalue weighted by Gasteiger charge is 2.11. The molecule has 2 aromatic rings. The zero-order chi connectivity index (χ0) is 17.7. The van der Waals surface area contributed by atoms with E-state index in [0.29, 0.717) is 22.6 Å². The van der Waals surface area contributed by atoms with E-state index in [1.807, 2.05) is 0 Å². The minimum absolute atomic E-state index is 0.0228. The molecule has 0 spiro atoms. The van der Waals surface area contributed by atoms with Crippen molar-refractivity contribution >= 4 is 23.5 Å². The van der Waals surface area contributed by atoms with Crippen molar-refractivity contribution in [2.45, 2.75) is 20.3 Å². The van der Waals surface area contributed by atoms with Crippen molar-refractivity contribution in [3.63, 3.8) is 0 Å². The van der Waals surface area contributed by atoms with Crippen LogP contribution in [0.3, 0.4) is 0 Å². The Morgan fingerprint density at radius 2 is 1.75 bits per heavy atom. The van der Waals surface area contributed by atoms with Crippen LogP contribution in [0, 0.1) is 6.92 Å². The van der Waals surface area contributed by atoms with Crippen molar-refractivity contribution in [3.05, 3.63) is 59.2 Å². The summed E-state index contributed by atoms with van der Waals surface area (Å²) in [6.07, 6.45) is 0.260. The molecule has 0 aliphatic heterocycles. The first-order chi connectivity index (χ1) is 11.4. The average molecular weight is 326 g/mol. The Labute approximate surface area is 139 Å². The van der Waals surface area contributed by atoms with E-state index in [2.05, 4.69) is 5.32 Å². The van der Waals surface area contributed by atoms with Crippen molar-refractivity contribution in [3.8, 4) is 5.75 Å². The maximum atomic E-state index is 12.3. The first-order valence-electron chi connectivity index (χ1n) is 7.35. The van der Waals surface area contributed by atoms with Gasteiger partial charge in [0.15, 0.2) is 0 Å². The molecule has 24 heavy (non-hydrogen) atoms. The van der Waals surface area contributed by atoms with Gasteiger partial charge in [0.1, 0.15) is 5.75 Å². The number of aromatic carboxylic acids is 1. The largest absolute Gasteiger partial charge is 0.545 e. The molecule has 0 fully saturated rings. The minimum atomic E-state index is -1.30. The zero-order valence-electron chi connectivity index (χ0n) is 13.3. The van der Waals surface area contributed by atoms with Gasteiger partial charge in [-0.25, -0.2) is 0 Å². The number of esters is 1. The maximum absolute atomic E-state index is 12.3. The number of carbonyl (C=O) groups is 3. The normalized spacial score (nSPS) is 10.1. The number of hydrogen-bond acceptors (Lipinski definition) is 5. The molecule has 0 unspecified atom stereocenters. The van der Waals surface area contributed by atoms with Gasteiger partial charge in [-0.2, -0.15) is 0 Å². The second kappa shape index (κ2) is 7.41. The molecule has 124 valence electrons. The van der Waals surface area contributed by atoms with Gasteiger partial charge in [-0.1, -0.05) is 19.1 Å². The van der Waals surface area contributed by atoms with Crippen LogP contribution in [0.25, 0.3) is 0 Å². The van der Waals surface area contributed by atoms with Crippen LogP contribution in [-0.4, -0.2) is 17.8 Å². The molecular formula is C18H16NO5-. The van der Waals surface area contributed by atoms with Gasteiger partial charge >= 0.3 is 5.97 Å². The maximum Gasteiger partial charge on any atom is 0.310 e. The number of rotatable bonds is 5. The second-order valence-electron chi connectivity index (χ2n) is 5.07. The van der Waals surface area contributed by atoms with Crippen LogP contribution in [0.15, 0.2) is 42.5 Å². The van der Waals surface area contributed by atoms with Gasteiger partial charge in [-0.15, -0.1) is 0 Å². The van der Waals surface area contributed by atoms with Crippen LogP contribution in [-0.2, 0) is 4.79 Å². The third-order valence-electron chi connectivity index (χ3n) is 3.44. The lowest BCUT2D eigenvalue weighted by molar-refractivity contribution is -0.255. The Morgan fingerprint density at radius 1 is 1.08 bits per heavy atom. The molecule has 0 aliphatic carbocycles. The summed E-state index contributed by atoms with van der Waals surface area (Å²) in [5.74, 6) is -1.71. The quantitative estimate of drug-likeness (QED) is 0.669. The molecule has 0 aliphatic rings. The number of carbonyl (C=O) groups excluding carboxylic acids is 3. The van der Waals surface area contributed by atoms with Crippen molar-refractivity contribution in [1.82, 2.24) is 0 Å². The third-order valence-corrected chi connectivity index (χ3v) is 3.44. The van der Waals surface area contributed by atoms with Crippen LogP contribution in [0.5, 0.6) is 5.75 Å². The fourth-order valence-corrected chi connectivity index (χ4v) is 2.06. The molecule has 0 atom stereocenters. The van der Waals surface area contributed by atoms with E-state index in [1.54, 1.807) is 19.9 Å². The van der Waals surface area contributed by atoms with E-state index < -0.39 is 11.9 Å². The highest BCUT2D eigenvalue weighted by Crippen LogP contribution is 2.20. The monoisotopic (exact) mass is 326 g/mol. The fourth-order valence-electron chi connectivity index (χ4n) is 2.06. The Kier molecular flexibility index (Phi) is 5.31. The summed E-state index contributed by atoms with van der Waals surface area (Å²) in [6.45, 7) is 3.28. The summed E-state index contributed by atoms with van der Waals surface area (Å²) in [6, 6.07) is 10.6. The predicted molar refractivity (Wildman–Crippen MR) is 85.8 cm³/mol. The summed E-state index contributed by atoms with van der Waals surface area (Å²) in [4.78, 5) is 34.5. The average Bonchev–Trinajstić information content (AvgIpc) is 2.57. The van der Waals surface area contributed by atoms with Crippen LogP contribution in [0.2, 0.25) is 0 Å². The Morgan fingerprint density at radius 3 is 2.33 bits per heavy atom. The minimum Gasteiger partial charge on any atom is -0.545 e. The van der Waals surface area contributed by atoms with E-state index in [1.165, 1.54) is 36.4 Å². The van der Waals surface area contributed by atoms with Gasteiger partial charge in [0, 0.05) is 23.2 Å². The molecule has 0 saturated heterocycles. The lowest BCUT2D eigenvalue weighted by Gasteiger charge is -2.13. The van der Waals surface area contributed by atoms with E-state index >= 15 is 0 Å². The summed E-state index contributed by atoms with van der Waals surface area (Å²) in [5, 5.41) is 13.7. The number of amides is 1. The number of benzene rings is 2. The van der Waals surface area contributed by atoms with Crippen LogP contribution in [0.4, 0.5) is 5.69 Å².